The van der Waals surface area contributed by atoms with Crippen LogP contribution in [0.2, 0.25) is 0 Å². The van der Waals surface area contributed by atoms with Crippen molar-refractivity contribution < 1.29 is 21.3 Å². The van der Waals surface area contributed by atoms with Gasteiger partial charge in [0.25, 0.3) is 10.0 Å². The molecule has 10 heteroatoms. The summed E-state index contributed by atoms with van der Waals surface area (Å²) in [5.41, 5.74) is 0.0839. The molecule has 0 amide bonds. The van der Waals surface area contributed by atoms with Crippen molar-refractivity contribution >= 4 is 36.7 Å². The summed E-state index contributed by atoms with van der Waals surface area (Å²) < 4.78 is 54.6. The molecule has 0 radical (unpaired) electrons. The molecule has 25 heavy (non-hydrogen) atoms. The van der Waals surface area contributed by atoms with Crippen molar-refractivity contribution in [2.45, 2.75) is 9.79 Å². The molecular weight excluding hydrogens is 368 g/mol. The van der Waals surface area contributed by atoms with E-state index < -0.39 is 25.7 Å². The van der Waals surface area contributed by atoms with Crippen molar-refractivity contribution in [2.75, 3.05) is 4.72 Å². The minimum absolute atomic E-state index is 0.125. The zero-order valence-electron chi connectivity index (χ0n) is 12.5. The molecule has 2 aromatic carbocycles. The summed E-state index contributed by atoms with van der Waals surface area (Å²) >= 11 is 0. The Bertz CT molecular complexity index is 1210. The average Bonchev–Trinajstić information content (AvgIpc) is 2.54. The highest BCUT2D eigenvalue weighted by Crippen LogP contribution is 2.21. The van der Waals surface area contributed by atoms with Gasteiger partial charge in [-0.25, -0.2) is 26.8 Å². The quantitative estimate of drug-likeness (QED) is 0.654. The Kier molecular flexibility index (Phi) is 4.11. The summed E-state index contributed by atoms with van der Waals surface area (Å²) in [6.07, 6.45) is 0. The van der Waals surface area contributed by atoms with Crippen LogP contribution in [0.4, 0.5) is 5.69 Å². The van der Waals surface area contributed by atoms with Crippen LogP contribution >= 0.6 is 0 Å². The fourth-order valence-corrected chi connectivity index (χ4v) is 3.72. The van der Waals surface area contributed by atoms with Gasteiger partial charge in [0.15, 0.2) is 0 Å². The Morgan fingerprint density at radius 1 is 0.840 bits per heavy atom. The number of hydrogen-bond acceptors (Lipinski definition) is 6. The first-order valence-electron chi connectivity index (χ1n) is 6.85. The number of sulfonamides is 2. The zero-order chi connectivity index (χ0) is 18.2. The van der Waals surface area contributed by atoms with Crippen LogP contribution in [0.15, 0.2) is 73.6 Å². The number of fused-ring (bicyclic) bond motifs is 1. The first-order valence-corrected chi connectivity index (χ1v) is 9.88. The molecule has 3 N–H and O–H groups in total. The third-order valence-electron chi connectivity index (χ3n) is 3.33. The molecule has 0 aliphatic heterocycles. The van der Waals surface area contributed by atoms with Crippen molar-refractivity contribution in [3.05, 3.63) is 65.0 Å². The standard InChI is InChI=1S/C15H12N2O6S2/c16-24(19,20)12-3-5-13(6-4-12)25(21,22)17-11-2-7-14-10(9-11)1-8-15(18)23-14/h1-9,17H,(H2,16,19,20). The smallest absolute Gasteiger partial charge is 0.336 e. The van der Waals surface area contributed by atoms with Crippen LogP contribution in [0.3, 0.4) is 0 Å². The monoisotopic (exact) mass is 380 g/mol. The molecule has 130 valence electrons. The second-order valence-corrected chi connectivity index (χ2v) is 8.37. The molecule has 3 rings (SSSR count). The third kappa shape index (κ3) is 3.71. The Balaban J connectivity index is 1.93. The van der Waals surface area contributed by atoms with Crippen molar-refractivity contribution in [1.82, 2.24) is 0 Å². The van der Waals surface area contributed by atoms with Crippen LogP contribution in [0.25, 0.3) is 11.0 Å². The largest absolute Gasteiger partial charge is 0.423 e. The maximum Gasteiger partial charge on any atom is 0.336 e. The maximum atomic E-state index is 12.4. The van der Waals surface area contributed by atoms with E-state index in [1.165, 1.54) is 30.3 Å². The van der Waals surface area contributed by atoms with Crippen LogP contribution in [-0.2, 0) is 20.0 Å². The van der Waals surface area contributed by atoms with E-state index in [0.717, 1.165) is 24.3 Å². The molecular formula is C15H12N2O6S2. The molecule has 0 unspecified atom stereocenters. The molecule has 0 saturated carbocycles. The number of nitrogens with one attached hydrogen (secondary N) is 1. The van der Waals surface area contributed by atoms with E-state index in [1.807, 2.05) is 0 Å². The Hall–Kier alpha value is -2.69. The summed E-state index contributed by atoms with van der Waals surface area (Å²) in [5.74, 6) is 0. The molecule has 0 fully saturated rings. The SMILES string of the molecule is NS(=O)(=O)c1ccc(S(=O)(=O)Nc2ccc3oc(=O)ccc3c2)cc1. The molecule has 0 bridgehead atoms. The summed E-state index contributed by atoms with van der Waals surface area (Å²) in [6.45, 7) is 0. The summed E-state index contributed by atoms with van der Waals surface area (Å²) in [4.78, 5) is 10.8. The third-order valence-corrected chi connectivity index (χ3v) is 5.66. The molecule has 0 spiro atoms. The molecule has 0 aliphatic carbocycles. The van der Waals surface area contributed by atoms with Crippen molar-refractivity contribution in [3.8, 4) is 0 Å². The van der Waals surface area contributed by atoms with Crippen molar-refractivity contribution in [1.29, 1.82) is 0 Å². The van der Waals surface area contributed by atoms with Gasteiger partial charge < -0.3 is 4.42 Å². The van der Waals surface area contributed by atoms with Gasteiger partial charge in [-0.3, -0.25) is 4.72 Å². The van der Waals surface area contributed by atoms with Gasteiger partial charge in [0.1, 0.15) is 5.58 Å². The van der Waals surface area contributed by atoms with Crippen LogP contribution in [0.5, 0.6) is 0 Å². The van der Waals surface area contributed by atoms with Gasteiger partial charge in [-0.05, 0) is 48.5 Å². The van der Waals surface area contributed by atoms with E-state index in [9.17, 15) is 21.6 Å². The number of rotatable bonds is 4. The fraction of sp³-hybridized carbons (Fsp3) is 0. The molecule has 1 aromatic heterocycles. The highest BCUT2D eigenvalue weighted by molar-refractivity contribution is 7.92. The topological polar surface area (TPSA) is 137 Å². The lowest BCUT2D eigenvalue weighted by Gasteiger charge is -2.09. The fourth-order valence-electron chi connectivity index (χ4n) is 2.16. The minimum atomic E-state index is -3.93. The zero-order valence-corrected chi connectivity index (χ0v) is 14.2. The van der Waals surface area contributed by atoms with Gasteiger partial charge >= 0.3 is 5.63 Å². The Labute approximate surface area is 143 Å². The minimum Gasteiger partial charge on any atom is -0.423 e. The van der Waals surface area contributed by atoms with E-state index in [-0.39, 0.29) is 15.5 Å². The van der Waals surface area contributed by atoms with Gasteiger partial charge in [0, 0.05) is 17.1 Å². The normalized spacial score (nSPS) is 12.2. The van der Waals surface area contributed by atoms with E-state index in [1.54, 1.807) is 0 Å². The predicted octanol–water partition coefficient (Wildman–Crippen LogP) is 1.24. The van der Waals surface area contributed by atoms with Gasteiger partial charge in [-0.2, -0.15) is 0 Å². The van der Waals surface area contributed by atoms with Crippen molar-refractivity contribution in [2.24, 2.45) is 5.14 Å². The highest BCUT2D eigenvalue weighted by atomic mass is 32.2. The first kappa shape index (κ1) is 17.1. The van der Waals surface area contributed by atoms with E-state index >= 15 is 0 Å². The molecule has 0 atom stereocenters. The van der Waals surface area contributed by atoms with Gasteiger partial charge in [-0.1, -0.05) is 0 Å². The number of nitrogens with two attached hydrogens (primary N) is 1. The average molecular weight is 380 g/mol. The van der Waals surface area contributed by atoms with Crippen molar-refractivity contribution in [3.63, 3.8) is 0 Å². The summed E-state index contributed by atoms with van der Waals surface area (Å²) in [7, 11) is -7.83. The number of primary sulfonamides is 1. The second-order valence-electron chi connectivity index (χ2n) is 5.13. The van der Waals surface area contributed by atoms with E-state index in [0.29, 0.717) is 11.0 Å². The Morgan fingerprint density at radius 3 is 2.12 bits per heavy atom. The van der Waals surface area contributed by atoms with Crippen LogP contribution in [0.1, 0.15) is 0 Å². The molecule has 0 aliphatic rings. The van der Waals surface area contributed by atoms with E-state index in [4.69, 9.17) is 9.56 Å². The predicted molar refractivity (Wildman–Crippen MR) is 91.1 cm³/mol. The summed E-state index contributed by atoms with van der Waals surface area (Å²) in [5, 5.41) is 5.52. The van der Waals surface area contributed by atoms with E-state index in [2.05, 4.69) is 4.72 Å². The number of benzene rings is 2. The van der Waals surface area contributed by atoms with Gasteiger partial charge in [-0.15, -0.1) is 0 Å². The van der Waals surface area contributed by atoms with Crippen LogP contribution < -0.4 is 15.5 Å². The van der Waals surface area contributed by atoms with Crippen LogP contribution in [0, 0.1) is 0 Å². The second kappa shape index (κ2) is 5.99. The van der Waals surface area contributed by atoms with Gasteiger partial charge in [0.05, 0.1) is 9.79 Å². The lowest BCUT2D eigenvalue weighted by molar-refractivity contribution is 0.561. The molecule has 3 aromatic rings. The Morgan fingerprint density at radius 2 is 1.48 bits per heavy atom. The molecule has 1 heterocycles. The maximum absolute atomic E-state index is 12.4. The lowest BCUT2D eigenvalue weighted by Crippen LogP contribution is -2.15. The highest BCUT2D eigenvalue weighted by Gasteiger charge is 2.16. The summed E-state index contributed by atoms with van der Waals surface area (Å²) in [6, 6.07) is 11.7. The number of hydrogen-bond donors (Lipinski definition) is 2. The number of anilines is 1. The first-order chi connectivity index (χ1) is 11.6. The molecule has 0 saturated heterocycles. The lowest BCUT2D eigenvalue weighted by atomic mass is 10.2. The molecule has 8 nitrogen and oxygen atoms in total. The van der Waals surface area contributed by atoms with Crippen LogP contribution in [-0.4, -0.2) is 16.8 Å². The van der Waals surface area contributed by atoms with Gasteiger partial charge in [0.2, 0.25) is 10.0 Å².